The number of hydrogen-bond donors (Lipinski definition) is 1. The lowest BCUT2D eigenvalue weighted by Gasteiger charge is -2.38. The van der Waals surface area contributed by atoms with E-state index < -0.39 is 0 Å². The molecule has 0 aliphatic carbocycles. The summed E-state index contributed by atoms with van der Waals surface area (Å²) in [5.41, 5.74) is 0.530. The maximum atomic E-state index is 2.52. The second kappa shape index (κ2) is 52.6. The Morgan fingerprint density at radius 3 is 0.441 bits per heavy atom. The highest BCUT2D eigenvalue weighted by Gasteiger charge is 2.34. The molecule has 0 bridgehead atoms. The molecular formula is C57H118ClN. The largest absolute Gasteiger partial charge is 1.00 e. The highest BCUT2D eigenvalue weighted by molar-refractivity contribution is 4.79. The Morgan fingerprint density at radius 1 is 0.203 bits per heavy atom. The van der Waals surface area contributed by atoms with Gasteiger partial charge in [0.05, 0.1) is 19.6 Å². The lowest BCUT2D eigenvalue weighted by molar-refractivity contribution is -0.917. The lowest BCUT2D eigenvalue weighted by atomic mass is 9.80. The summed E-state index contributed by atoms with van der Waals surface area (Å²) in [4.78, 5) is 1.77. The molecule has 0 atom stereocenters. The van der Waals surface area contributed by atoms with Crippen LogP contribution in [-0.4, -0.2) is 19.6 Å². The molecule has 358 valence electrons. The Morgan fingerprint density at radius 2 is 0.322 bits per heavy atom. The molecule has 0 spiro atoms. The van der Waals surface area contributed by atoms with E-state index in [9.17, 15) is 0 Å². The van der Waals surface area contributed by atoms with Gasteiger partial charge in [-0.05, 0) is 19.3 Å². The van der Waals surface area contributed by atoms with E-state index in [-0.39, 0.29) is 12.4 Å². The van der Waals surface area contributed by atoms with Crippen molar-refractivity contribution in [1.82, 2.24) is 0 Å². The van der Waals surface area contributed by atoms with Crippen LogP contribution in [0.2, 0.25) is 0 Å². The van der Waals surface area contributed by atoms with E-state index in [1.165, 1.54) is 327 Å². The van der Waals surface area contributed by atoms with Gasteiger partial charge in [-0.3, -0.25) is 0 Å². The first-order chi connectivity index (χ1) is 28.6. The quantitative estimate of drug-likeness (QED) is 0.0582. The van der Waals surface area contributed by atoms with Gasteiger partial charge in [0.15, 0.2) is 0 Å². The van der Waals surface area contributed by atoms with E-state index in [1.807, 2.05) is 0 Å². The minimum absolute atomic E-state index is 0. The van der Waals surface area contributed by atoms with Crippen molar-refractivity contribution in [3.8, 4) is 0 Å². The summed E-state index contributed by atoms with van der Waals surface area (Å²) in [6.07, 6.45) is 75.1. The summed E-state index contributed by atoms with van der Waals surface area (Å²) < 4.78 is 0. The zero-order chi connectivity index (χ0) is 42.1. The van der Waals surface area contributed by atoms with Crippen molar-refractivity contribution in [2.75, 3.05) is 14.1 Å². The Balaban J connectivity index is 0. The first kappa shape index (κ1) is 61.3. The van der Waals surface area contributed by atoms with Crippen LogP contribution < -0.4 is 17.3 Å². The van der Waals surface area contributed by atoms with Gasteiger partial charge in [0.1, 0.15) is 0 Å². The van der Waals surface area contributed by atoms with E-state index in [2.05, 4.69) is 34.9 Å². The van der Waals surface area contributed by atoms with Crippen molar-refractivity contribution in [3.63, 3.8) is 0 Å². The molecule has 0 amide bonds. The third-order valence-corrected chi connectivity index (χ3v) is 14.6. The van der Waals surface area contributed by atoms with Crippen LogP contribution in [-0.2, 0) is 0 Å². The van der Waals surface area contributed by atoms with Crippen LogP contribution in [0, 0.1) is 0 Å². The monoisotopic (exact) mass is 852 g/mol. The fourth-order valence-corrected chi connectivity index (χ4v) is 10.2. The van der Waals surface area contributed by atoms with Gasteiger partial charge in [0.25, 0.3) is 0 Å². The molecule has 1 N–H and O–H groups in total. The van der Waals surface area contributed by atoms with Gasteiger partial charge in [0, 0.05) is 19.3 Å². The molecule has 59 heavy (non-hydrogen) atoms. The first-order valence-electron chi connectivity index (χ1n) is 28.4. The van der Waals surface area contributed by atoms with Crippen molar-refractivity contribution < 1.29 is 17.3 Å². The van der Waals surface area contributed by atoms with Crippen molar-refractivity contribution >= 4 is 0 Å². The van der Waals surface area contributed by atoms with Crippen molar-refractivity contribution in [3.05, 3.63) is 0 Å². The van der Waals surface area contributed by atoms with Crippen LogP contribution in [0.3, 0.4) is 0 Å². The predicted molar refractivity (Wildman–Crippen MR) is 268 cm³/mol. The lowest BCUT2D eigenvalue weighted by Crippen LogP contribution is -3.15. The third kappa shape index (κ3) is 46.1. The second-order valence-corrected chi connectivity index (χ2v) is 20.4. The maximum absolute atomic E-state index is 2.52. The number of halogens is 1. The molecule has 1 nitrogen and oxygen atoms in total. The normalized spacial score (nSPS) is 11.9. The molecule has 0 aromatic heterocycles. The Labute approximate surface area is 383 Å². The fraction of sp³-hybridized carbons (Fsp3) is 1.00. The van der Waals surface area contributed by atoms with Gasteiger partial charge >= 0.3 is 0 Å². The second-order valence-electron chi connectivity index (χ2n) is 20.4. The summed E-state index contributed by atoms with van der Waals surface area (Å²) in [6, 6.07) is 0. The predicted octanol–water partition coefficient (Wildman–Crippen LogP) is 16.8. The highest BCUT2D eigenvalue weighted by atomic mass is 35.5. The van der Waals surface area contributed by atoms with Gasteiger partial charge in [-0.15, -0.1) is 0 Å². The molecular weight excluding hydrogens is 734 g/mol. The molecule has 0 aromatic carbocycles. The zero-order valence-electron chi connectivity index (χ0n) is 42.4. The fourth-order valence-electron chi connectivity index (χ4n) is 10.2. The minimum atomic E-state index is 0. The smallest absolute Gasteiger partial charge is 0.0972 e. The number of hydrogen-bond acceptors (Lipinski definition) is 0. The van der Waals surface area contributed by atoms with Gasteiger partial charge < -0.3 is 17.3 Å². The van der Waals surface area contributed by atoms with Crippen LogP contribution in [0.4, 0.5) is 0 Å². The minimum Gasteiger partial charge on any atom is -1.00 e. The van der Waals surface area contributed by atoms with E-state index >= 15 is 0 Å². The van der Waals surface area contributed by atoms with Gasteiger partial charge in [-0.25, -0.2) is 0 Å². The van der Waals surface area contributed by atoms with Crippen molar-refractivity contribution in [1.29, 1.82) is 0 Å². The van der Waals surface area contributed by atoms with Crippen LogP contribution in [0.1, 0.15) is 348 Å². The molecule has 0 saturated heterocycles. The molecule has 0 aliphatic rings. The zero-order valence-corrected chi connectivity index (χ0v) is 43.2. The number of nitrogens with one attached hydrogen (secondary N) is 1. The summed E-state index contributed by atoms with van der Waals surface area (Å²) >= 11 is 0. The third-order valence-electron chi connectivity index (χ3n) is 14.6. The summed E-state index contributed by atoms with van der Waals surface area (Å²) in [6.45, 7) is 6.97. The van der Waals surface area contributed by atoms with E-state index in [0.29, 0.717) is 5.54 Å². The van der Waals surface area contributed by atoms with Crippen LogP contribution in [0.25, 0.3) is 0 Å². The molecule has 2 heteroatoms. The van der Waals surface area contributed by atoms with Gasteiger partial charge in [-0.1, -0.05) is 310 Å². The molecule has 0 fully saturated rings. The van der Waals surface area contributed by atoms with Crippen molar-refractivity contribution in [2.45, 2.75) is 354 Å². The Hall–Kier alpha value is 0.250. The van der Waals surface area contributed by atoms with E-state index in [0.717, 1.165) is 0 Å². The number of unbranched alkanes of at least 4 members (excludes halogenated alkanes) is 45. The average Bonchev–Trinajstić information content (AvgIpc) is 3.22. The first-order valence-corrected chi connectivity index (χ1v) is 28.4. The topological polar surface area (TPSA) is 4.44 Å². The highest BCUT2D eigenvalue weighted by Crippen LogP contribution is 2.27. The number of rotatable bonds is 52. The molecule has 0 rings (SSSR count). The SMILES string of the molecule is CCCCCCCCCCCCCCCCCCC(CCCCCCCCCCCCCCCCCC)(CCCCCCCCCCCCCCCCCC)[NH+](C)C.[Cl-]. The molecule has 0 heterocycles. The van der Waals surface area contributed by atoms with Crippen LogP contribution in [0.5, 0.6) is 0 Å². The van der Waals surface area contributed by atoms with Gasteiger partial charge in [0.2, 0.25) is 0 Å². The molecule has 0 saturated carbocycles. The standard InChI is InChI=1S/C57H117N.ClH/c1-6-9-12-15-18-21-24-27-30-33-36-39-42-45-48-51-54-57(58(4)5,55-52-49-46-43-40-37-34-31-28-25-22-19-16-13-10-7-2)56-53-50-47-44-41-38-35-32-29-26-23-20-17-14-11-8-3;/h6-56H2,1-5H3;1H. The average molecular weight is 853 g/mol. The summed E-state index contributed by atoms with van der Waals surface area (Å²) in [5.74, 6) is 0. The maximum Gasteiger partial charge on any atom is 0.0972 e. The van der Waals surface area contributed by atoms with E-state index in [4.69, 9.17) is 0 Å². The molecule has 0 aromatic rings. The van der Waals surface area contributed by atoms with Crippen molar-refractivity contribution in [2.24, 2.45) is 0 Å². The molecule has 0 radical (unpaired) electrons. The molecule has 0 aliphatic heterocycles. The Bertz CT molecular complexity index is 631. The number of quaternary nitrogens is 1. The van der Waals surface area contributed by atoms with Crippen LogP contribution >= 0.6 is 0 Å². The van der Waals surface area contributed by atoms with Crippen LogP contribution in [0.15, 0.2) is 0 Å². The Kier molecular flexibility index (Phi) is 54.7. The summed E-state index contributed by atoms with van der Waals surface area (Å²) in [7, 11) is 5.04. The summed E-state index contributed by atoms with van der Waals surface area (Å²) in [5, 5.41) is 0. The van der Waals surface area contributed by atoms with E-state index in [1.54, 1.807) is 4.90 Å². The molecule has 0 unspecified atom stereocenters. The van der Waals surface area contributed by atoms with Gasteiger partial charge in [-0.2, -0.15) is 0 Å².